The van der Waals surface area contributed by atoms with E-state index >= 15 is 0 Å². The Kier molecular flexibility index (Phi) is 12.3. The van der Waals surface area contributed by atoms with Crippen molar-refractivity contribution in [3.05, 3.63) is 129 Å². The number of nitro benzene ring substituents is 1. The van der Waals surface area contributed by atoms with Gasteiger partial charge >= 0.3 is 0 Å². The Hall–Kier alpha value is -4.94. The highest BCUT2D eigenvalue weighted by molar-refractivity contribution is 7.92. The number of amides is 2. The summed E-state index contributed by atoms with van der Waals surface area (Å²) in [6.45, 7) is 0.763. The maximum Gasteiger partial charge on any atom is 0.273 e. The first-order valence-electron chi connectivity index (χ1n) is 16.8. The van der Waals surface area contributed by atoms with Crippen molar-refractivity contribution in [3.8, 4) is 5.75 Å². The van der Waals surface area contributed by atoms with Crippen LogP contribution in [0.15, 0.2) is 102 Å². The number of ether oxygens (including phenoxy) is 1. The molecule has 5 rings (SSSR count). The van der Waals surface area contributed by atoms with E-state index in [1.54, 1.807) is 36.4 Å². The summed E-state index contributed by atoms with van der Waals surface area (Å²) >= 11 is 6.34. The number of nitrogens with zero attached hydrogens (tertiary/aromatic N) is 3. The van der Waals surface area contributed by atoms with E-state index in [1.165, 1.54) is 43.2 Å². The van der Waals surface area contributed by atoms with Crippen LogP contribution in [-0.2, 0) is 32.6 Å². The average Bonchev–Trinajstić information content (AvgIpc) is 3.12. The van der Waals surface area contributed by atoms with Gasteiger partial charge in [0, 0.05) is 35.7 Å². The Labute approximate surface area is 303 Å². The second-order valence-electron chi connectivity index (χ2n) is 12.6. The molecule has 0 aromatic heterocycles. The largest absolute Gasteiger partial charge is 0.497 e. The third-order valence-electron chi connectivity index (χ3n) is 9.07. The number of carbonyl (C=O) groups excluding carboxylic acids is 2. The molecule has 0 spiro atoms. The summed E-state index contributed by atoms with van der Waals surface area (Å²) in [5.41, 5.74) is 1.50. The van der Waals surface area contributed by atoms with Crippen LogP contribution in [0.5, 0.6) is 5.75 Å². The van der Waals surface area contributed by atoms with Crippen molar-refractivity contribution in [1.29, 1.82) is 0 Å². The maximum atomic E-state index is 14.7. The van der Waals surface area contributed by atoms with E-state index in [4.69, 9.17) is 16.3 Å². The van der Waals surface area contributed by atoms with Gasteiger partial charge in [-0.05, 0) is 73.4 Å². The predicted octanol–water partition coefficient (Wildman–Crippen LogP) is 6.85. The lowest BCUT2D eigenvalue weighted by Gasteiger charge is -2.35. The Morgan fingerprint density at radius 1 is 0.941 bits per heavy atom. The number of carbonyl (C=O) groups is 2. The molecule has 0 radical (unpaired) electrons. The maximum absolute atomic E-state index is 14.7. The zero-order chi connectivity index (χ0) is 36.5. The number of nitrogens with one attached hydrogen (secondary N) is 1. The fourth-order valence-corrected chi connectivity index (χ4v) is 7.93. The van der Waals surface area contributed by atoms with E-state index in [9.17, 15) is 28.1 Å². The van der Waals surface area contributed by atoms with Crippen LogP contribution in [0.3, 0.4) is 0 Å². The Balaban J connectivity index is 1.59. The van der Waals surface area contributed by atoms with E-state index in [-0.39, 0.29) is 46.7 Å². The standard InChI is InChI=1S/C38H41ClN4O7S/c1-27-16-21-34(24-35(27)43(46)47)51(48,49)42(32-17-19-33(50-2)20-18-32)26-37(44)41(25-29-12-9-13-30(39)22-29)36(23-28-10-5-3-6-11-28)38(45)40-31-14-7-4-8-15-31/h3,5-6,9-13,16-22,24,31,36H,4,7-8,14-15,23,25-26H2,1-2H3,(H,40,45)/t36-/m0/s1. The first-order chi connectivity index (χ1) is 24.5. The predicted molar refractivity (Wildman–Crippen MR) is 196 cm³/mol. The number of rotatable bonds is 14. The molecule has 0 unspecified atom stereocenters. The Bertz CT molecular complexity index is 1950. The molecule has 0 bridgehead atoms. The lowest BCUT2D eigenvalue weighted by atomic mass is 9.94. The van der Waals surface area contributed by atoms with Gasteiger partial charge in [-0.15, -0.1) is 0 Å². The number of hydrogen-bond acceptors (Lipinski definition) is 7. The molecule has 1 saturated carbocycles. The van der Waals surface area contributed by atoms with Crippen molar-refractivity contribution in [2.45, 2.75) is 69.0 Å². The summed E-state index contributed by atoms with van der Waals surface area (Å²) in [5.74, 6) is -0.539. The number of halogens is 1. The molecule has 13 heteroatoms. The minimum Gasteiger partial charge on any atom is -0.497 e. The Morgan fingerprint density at radius 2 is 1.63 bits per heavy atom. The smallest absolute Gasteiger partial charge is 0.273 e. The van der Waals surface area contributed by atoms with E-state index in [0.29, 0.717) is 16.3 Å². The van der Waals surface area contributed by atoms with Crippen LogP contribution in [0.1, 0.15) is 48.8 Å². The van der Waals surface area contributed by atoms with Crippen molar-refractivity contribution in [2.24, 2.45) is 0 Å². The molecule has 268 valence electrons. The van der Waals surface area contributed by atoms with Crippen LogP contribution in [0.4, 0.5) is 11.4 Å². The van der Waals surface area contributed by atoms with E-state index in [2.05, 4.69) is 5.32 Å². The quantitative estimate of drug-likeness (QED) is 0.111. The van der Waals surface area contributed by atoms with Gasteiger partial charge in [-0.2, -0.15) is 0 Å². The summed E-state index contributed by atoms with van der Waals surface area (Å²) in [5, 5.41) is 15.4. The van der Waals surface area contributed by atoms with Crippen molar-refractivity contribution in [3.63, 3.8) is 0 Å². The normalized spacial score (nSPS) is 13.9. The van der Waals surface area contributed by atoms with Crippen LogP contribution in [0.25, 0.3) is 0 Å². The molecule has 4 aromatic rings. The fraction of sp³-hybridized carbons (Fsp3) is 0.316. The highest BCUT2D eigenvalue weighted by atomic mass is 35.5. The van der Waals surface area contributed by atoms with Gasteiger partial charge in [-0.1, -0.05) is 79.4 Å². The number of methoxy groups -OCH3 is 1. The van der Waals surface area contributed by atoms with Gasteiger partial charge in [0.15, 0.2) is 0 Å². The van der Waals surface area contributed by atoms with Crippen molar-refractivity contribution in [2.75, 3.05) is 18.0 Å². The lowest BCUT2D eigenvalue weighted by molar-refractivity contribution is -0.385. The summed E-state index contributed by atoms with van der Waals surface area (Å²) in [6, 6.07) is 24.9. The molecule has 1 N–H and O–H groups in total. The van der Waals surface area contributed by atoms with Crippen molar-refractivity contribution >= 4 is 44.8 Å². The Morgan fingerprint density at radius 3 is 2.27 bits per heavy atom. The number of benzene rings is 4. The first-order valence-corrected chi connectivity index (χ1v) is 18.6. The third-order valence-corrected chi connectivity index (χ3v) is 11.1. The molecule has 4 aromatic carbocycles. The minimum atomic E-state index is -4.56. The molecule has 11 nitrogen and oxygen atoms in total. The van der Waals surface area contributed by atoms with E-state index in [0.717, 1.165) is 48.0 Å². The number of nitro groups is 1. The van der Waals surface area contributed by atoms with E-state index < -0.39 is 33.4 Å². The van der Waals surface area contributed by atoms with Gasteiger partial charge < -0.3 is 15.0 Å². The third kappa shape index (κ3) is 9.44. The van der Waals surface area contributed by atoms with Gasteiger partial charge in [0.25, 0.3) is 15.7 Å². The van der Waals surface area contributed by atoms with Gasteiger partial charge in [0.1, 0.15) is 18.3 Å². The molecule has 0 heterocycles. The number of sulfonamides is 1. The summed E-state index contributed by atoms with van der Waals surface area (Å²) in [6.07, 6.45) is 4.91. The summed E-state index contributed by atoms with van der Waals surface area (Å²) in [4.78, 5) is 41.2. The van der Waals surface area contributed by atoms with Gasteiger partial charge in [0.05, 0.1) is 22.6 Å². The molecule has 1 fully saturated rings. The zero-order valence-electron chi connectivity index (χ0n) is 28.5. The molecule has 51 heavy (non-hydrogen) atoms. The molecule has 2 amide bonds. The number of aryl methyl sites for hydroxylation is 1. The molecule has 0 saturated heterocycles. The average molecular weight is 733 g/mol. The minimum absolute atomic E-state index is 0.0402. The molecular weight excluding hydrogens is 692 g/mol. The molecule has 1 atom stereocenters. The van der Waals surface area contributed by atoms with Crippen molar-refractivity contribution < 1.29 is 27.7 Å². The SMILES string of the molecule is COc1ccc(N(CC(=O)N(Cc2cccc(Cl)c2)[C@@H](Cc2ccccc2)C(=O)NC2CCCCC2)S(=O)(=O)c2ccc(C)c([N+](=O)[O-])c2)cc1. The molecule has 0 aliphatic heterocycles. The van der Waals surface area contributed by atoms with Crippen LogP contribution < -0.4 is 14.4 Å². The number of hydrogen-bond donors (Lipinski definition) is 1. The molecule has 1 aliphatic carbocycles. The lowest BCUT2D eigenvalue weighted by Crippen LogP contribution is -2.55. The summed E-state index contributed by atoms with van der Waals surface area (Å²) < 4.78 is 35.0. The van der Waals surface area contributed by atoms with Crippen LogP contribution in [-0.4, -0.2) is 55.8 Å². The highest BCUT2D eigenvalue weighted by Crippen LogP contribution is 2.30. The monoisotopic (exact) mass is 732 g/mol. The van der Waals surface area contributed by atoms with E-state index in [1.807, 2.05) is 30.3 Å². The highest BCUT2D eigenvalue weighted by Gasteiger charge is 2.36. The van der Waals surface area contributed by atoms with Crippen molar-refractivity contribution in [1.82, 2.24) is 10.2 Å². The molecular formula is C38H41ClN4O7S. The fourth-order valence-electron chi connectivity index (χ4n) is 6.28. The first kappa shape index (κ1) is 37.3. The summed E-state index contributed by atoms with van der Waals surface area (Å²) in [7, 11) is -3.09. The second kappa shape index (κ2) is 16.8. The van der Waals surface area contributed by atoms with Crippen LogP contribution in [0.2, 0.25) is 5.02 Å². The van der Waals surface area contributed by atoms with Gasteiger partial charge in [0.2, 0.25) is 11.8 Å². The number of anilines is 1. The molecule has 1 aliphatic rings. The topological polar surface area (TPSA) is 139 Å². The zero-order valence-corrected chi connectivity index (χ0v) is 30.1. The van der Waals surface area contributed by atoms with Gasteiger partial charge in [-0.3, -0.25) is 24.0 Å². The van der Waals surface area contributed by atoms with Gasteiger partial charge in [-0.25, -0.2) is 8.42 Å². The van der Waals surface area contributed by atoms with Crippen LogP contribution in [0, 0.1) is 17.0 Å². The second-order valence-corrected chi connectivity index (χ2v) is 14.9. The van der Waals surface area contributed by atoms with Crippen LogP contribution >= 0.6 is 11.6 Å².